The molecule has 0 heterocycles. The monoisotopic (exact) mass is 187 g/mol. The highest BCUT2D eigenvalue weighted by molar-refractivity contribution is 5.55. The van der Waals surface area contributed by atoms with Crippen molar-refractivity contribution in [2.45, 2.75) is 32.2 Å². The van der Waals surface area contributed by atoms with E-state index >= 15 is 0 Å². The minimum Gasteiger partial charge on any atom is -0.327 e. The van der Waals surface area contributed by atoms with Crippen molar-refractivity contribution in [1.82, 2.24) is 0 Å². The van der Waals surface area contributed by atoms with Gasteiger partial charge in [-0.2, -0.15) is 0 Å². The van der Waals surface area contributed by atoms with Gasteiger partial charge in [-0.25, -0.2) is 0 Å². The Kier molecular flexibility index (Phi) is 2.69. The summed E-state index contributed by atoms with van der Waals surface area (Å²) < 4.78 is 0. The number of hydrogen-bond donors (Lipinski definition) is 1. The zero-order valence-corrected chi connectivity index (χ0v) is 8.66. The van der Waals surface area contributed by atoms with E-state index in [-0.39, 0.29) is 0 Å². The Morgan fingerprint density at radius 2 is 1.93 bits per heavy atom. The van der Waals surface area contributed by atoms with Crippen LogP contribution in [0, 0.1) is 0 Å². The third-order valence-electron chi connectivity index (χ3n) is 2.81. The normalized spacial score (nSPS) is 20.4. The fourth-order valence-corrected chi connectivity index (χ4v) is 1.82. The Labute approximate surface area is 85.6 Å². The second-order valence-electron chi connectivity index (χ2n) is 4.07. The van der Waals surface area contributed by atoms with Gasteiger partial charge in [-0.1, -0.05) is 42.8 Å². The molecule has 0 amide bonds. The first-order valence-electron chi connectivity index (χ1n) is 5.32. The van der Waals surface area contributed by atoms with E-state index in [1.54, 1.807) is 0 Å². The standard InChI is InChI=1S/C13H17N/c1-2-10-3-5-11(6-4-10)7-12-8-13(14)9-12/h3-7,13H,2,8-9,14H2,1H3. The van der Waals surface area contributed by atoms with Crippen LogP contribution in [0.5, 0.6) is 0 Å². The van der Waals surface area contributed by atoms with Crippen molar-refractivity contribution in [1.29, 1.82) is 0 Å². The van der Waals surface area contributed by atoms with Crippen molar-refractivity contribution in [3.63, 3.8) is 0 Å². The molecule has 1 fully saturated rings. The second kappa shape index (κ2) is 3.97. The molecular weight excluding hydrogens is 170 g/mol. The van der Waals surface area contributed by atoms with Gasteiger partial charge in [0.1, 0.15) is 0 Å². The lowest BCUT2D eigenvalue weighted by Crippen LogP contribution is -2.29. The molecule has 14 heavy (non-hydrogen) atoms. The lowest BCUT2D eigenvalue weighted by Gasteiger charge is -2.25. The topological polar surface area (TPSA) is 26.0 Å². The molecule has 1 aromatic rings. The number of aryl methyl sites for hydroxylation is 1. The first-order valence-corrected chi connectivity index (χ1v) is 5.32. The van der Waals surface area contributed by atoms with Gasteiger partial charge in [0.2, 0.25) is 0 Å². The molecule has 2 N–H and O–H groups in total. The summed E-state index contributed by atoms with van der Waals surface area (Å²) in [6, 6.07) is 9.19. The molecule has 0 bridgehead atoms. The number of benzene rings is 1. The minimum absolute atomic E-state index is 0.413. The average molecular weight is 187 g/mol. The van der Waals surface area contributed by atoms with Crippen molar-refractivity contribution in [2.75, 3.05) is 0 Å². The van der Waals surface area contributed by atoms with Crippen LogP contribution in [0.15, 0.2) is 29.8 Å². The molecule has 2 rings (SSSR count). The summed E-state index contributed by atoms with van der Waals surface area (Å²) in [4.78, 5) is 0. The van der Waals surface area contributed by atoms with Crippen LogP contribution >= 0.6 is 0 Å². The van der Waals surface area contributed by atoms with Gasteiger partial charge in [0.15, 0.2) is 0 Å². The quantitative estimate of drug-likeness (QED) is 0.757. The molecule has 0 unspecified atom stereocenters. The molecule has 0 atom stereocenters. The van der Waals surface area contributed by atoms with Crippen molar-refractivity contribution in [2.24, 2.45) is 5.73 Å². The molecule has 1 aliphatic rings. The molecule has 74 valence electrons. The van der Waals surface area contributed by atoms with Crippen LogP contribution < -0.4 is 5.73 Å². The molecule has 1 nitrogen and oxygen atoms in total. The smallest absolute Gasteiger partial charge is 0.0114 e. The van der Waals surface area contributed by atoms with E-state index in [2.05, 4.69) is 37.3 Å². The first kappa shape index (κ1) is 9.47. The molecule has 1 aliphatic carbocycles. The number of hydrogen-bond acceptors (Lipinski definition) is 1. The molecule has 0 saturated heterocycles. The maximum absolute atomic E-state index is 5.73. The summed E-state index contributed by atoms with van der Waals surface area (Å²) in [7, 11) is 0. The Morgan fingerprint density at radius 1 is 1.29 bits per heavy atom. The van der Waals surface area contributed by atoms with Crippen LogP contribution in [0.25, 0.3) is 6.08 Å². The van der Waals surface area contributed by atoms with Gasteiger partial charge in [0.25, 0.3) is 0 Å². The highest BCUT2D eigenvalue weighted by Crippen LogP contribution is 2.26. The SMILES string of the molecule is CCc1ccc(C=C2CC(N)C2)cc1. The van der Waals surface area contributed by atoms with Gasteiger partial charge < -0.3 is 5.73 Å². The molecule has 1 heteroatoms. The summed E-state index contributed by atoms with van der Waals surface area (Å²) in [5, 5.41) is 0. The minimum atomic E-state index is 0.413. The van der Waals surface area contributed by atoms with E-state index in [0.29, 0.717) is 6.04 Å². The van der Waals surface area contributed by atoms with Gasteiger partial charge in [0, 0.05) is 6.04 Å². The van der Waals surface area contributed by atoms with Gasteiger partial charge in [-0.3, -0.25) is 0 Å². The lowest BCUT2D eigenvalue weighted by atomic mass is 9.86. The van der Waals surface area contributed by atoms with E-state index in [9.17, 15) is 0 Å². The Bertz CT molecular complexity index is 327. The Balaban J connectivity index is 2.07. The molecule has 0 aromatic heterocycles. The van der Waals surface area contributed by atoms with E-state index in [1.807, 2.05) is 0 Å². The highest BCUT2D eigenvalue weighted by Gasteiger charge is 2.17. The molecule has 0 spiro atoms. The van der Waals surface area contributed by atoms with Gasteiger partial charge in [-0.05, 0) is 30.4 Å². The number of rotatable bonds is 2. The van der Waals surface area contributed by atoms with E-state index in [1.165, 1.54) is 16.7 Å². The van der Waals surface area contributed by atoms with Crippen LogP contribution in [0.3, 0.4) is 0 Å². The van der Waals surface area contributed by atoms with Crippen molar-refractivity contribution < 1.29 is 0 Å². The maximum Gasteiger partial charge on any atom is 0.0114 e. The molecule has 0 aliphatic heterocycles. The van der Waals surface area contributed by atoms with Crippen molar-refractivity contribution in [3.05, 3.63) is 41.0 Å². The number of nitrogens with two attached hydrogens (primary N) is 1. The summed E-state index contributed by atoms with van der Waals surface area (Å²) in [5.41, 5.74) is 9.92. The molecule has 1 aromatic carbocycles. The van der Waals surface area contributed by atoms with Crippen LogP contribution in [0.1, 0.15) is 30.9 Å². The third kappa shape index (κ3) is 2.05. The van der Waals surface area contributed by atoms with Gasteiger partial charge in [-0.15, -0.1) is 0 Å². The Morgan fingerprint density at radius 3 is 2.43 bits per heavy atom. The van der Waals surface area contributed by atoms with Crippen LogP contribution in [-0.4, -0.2) is 6.04 Å². The van der Waals surface area contributed by atoms with Gasteiger partial charge >= 0.3 is 0 Å². The largest absolute Gasteiger partial charge is 0.327 e. The lowest BCUT2D eigenvalue weighted by molar-refractivity contribution is 0.547. The molecule has 1 saturated carbocycles. The zero-order chi connectivity index (χ0) is 9.97. The van der Waals surface area contributed by atoms with Gasteiger partial charge in [0.05, 0.1) is 0 Å². The van der Waals surface area contributed by atoms with E-state index in [0.717, 1.165) is 19.3 Å². The predicted molar refractivity (Wildman–Crippen MR) is 61.0 cm³/mol. The second-order valence-corrected chi connectivity index (χ2v) is 4.07. The molecule has 0 radical (unpaired) electrons. The van der Waals surface area contributed by atoms with E-state index < -0.39 is 0 Å². The molecular formula is C13H17N. The first-order chi connectivity index (χ1) is 6.78. The summed E-state index contributed by atoms with van der Waals surface area (Å²) >= 11 is 0. The third-order valence-corrected chi connectivity index (χ3v) is 2.81. The summed E-state index contributed by atoms with van der Waals surface area (Å²) in [6.07, 6.45) is 5.54. The fraction of sp³-hybridized carbons (Fsp3) is 0.385. The fourth-order valence-electron chi connectivity index (χ4n) is 1.82. The summed E-state index contributed by atoms with van der Waals surface area (Å²) in [6.45, 7) is 2.18. The average Bonchev–Trinajstić information content (AvgIpc) is 2.17. The van der Waals surface area contributed by atoms with Crippen molar-refractivity contribution >= 4 is 6.08 Å². The Hall–Kier alpha value is -1.08. The highest BCUT2D eigenvalue weighted by atomic mass is 14.7. The van der Waals surface area contributed by atoms with Crippen LogP contribution in [-0.2, 0) is 6.42 Å². The summed E-state index contributed by atoms with van der Waals surface area (Å²) in [5.74, 6) is 0. The van der Waals surface area contributed by atoms with Crippen LogP contribution in [0.2, 0.25) is 0 Å². The predicted octanol–water partition coefficient (Wildman–Crippen LogP) is 2.75. The maximum atomic E-state index is 5.73. The zero-order valence-electron chi connectivity index (χ0n) is 8.66. The van der Waals surface area contributed by atoms with Crippen LogP contribution in [0.4, 0.5) is 0 Å². The van der Waals surface area contributed by atoms with Crippen molar-refractivity contribution in [3.8, 4) is 0 Å². The van der Waals surface area contributed by atoms with E-state index in [4.69, 9.17) is 5.73 Å².